The Labute approximate surface area is 286 Å². The molecule has 1 aliphatic rings. The number of rotatable bonds is 8. The van der Waals surface area contributed by atoms with Crippen molar-refractivity contribution in [1.82, 2.24) is 9.21 Å². The minimum Gasteiger partial charge on any atom is -0.490 e. The minimum atomic E-state index is -3.98. The maximum atomic E-state index is 14.3. The van der Waals surface area contributed by atoms with Gasteiger partial charge in [-0.2, -0.15) is 4.31 Å². The first-order chi connectivity index (χ1) is 23.3. The number of halogens is 2. The smallest absolute Gasteiger partial charge is 0.323 e. The first-order valence-electron chi connectivity index (χ1n) is 16.2. The molecule has 0 fully saturated rings. The number of fused-ring (bicyclic) bond motifs is 1. The van der Waals surface area contributed by atoms with Crippen molar-refractivity contribution in [3.63, 3.8) is 0 Å². The third-order valence-electron chi connectivity index (χ3n) is 8.37. The lowest BCUT2D eigenvalue weighted by atomic mass is 10.0. The van der Waals surface area contributed by atoms with Crippen LogP contribution in [0.25, 0.3) is 0 Å². The number of ether oxygens (including phenoxy) is 2. The van der Waals surface area contributed by atoms with Crippen LogP contribution in [0.15, 0.2) is 71.6 Å². The van der Waals surface area contributed by atoms with E-state index in [1.54, 1.807) is 19.1 Å². The second-order valence-electron chi connectivity index (χ2n) is 12.3. The van der Waals surface area contributed by atoms with Crippen LogP contribution in [0.5, 0.6) is 5.75 Å². The maximum Gasteiger partial charge on any atom is 0.323 e. The number of amides is 3. The molecular weight excluding hydrogens is 658 g/mol. The molecule has 49 heavy (non-hydrogen) atoms. The Kier molecular flexibility index (Phi) is 13.1. The predicted octanol–water partition coefficient (Wildman–Crippen LogP) is 5.73. The molecule has 4 atom stereocenters. The average Bonchev–Trinajstić information content (AvgIpc) is 3.07. The number of anilines is 2. The lowest BCUT2D eigenvalue weighted by molar-refractivity contribution is -0.00834. The molecule has 3 amide bonds. The third-order valence-corrected chi connectivity index (χ3v) is 10.2. The summed E-state index contributed by atoms with van der Waals surface area (Å²) in [4.78, 5) is 28.5. The predicted molar refractivity (Wildman–Crippen MR) is 182 cm³/mol. The van der Waals surface area contributed by atoms with Crippen molar-refractivity contribution in [1.29, 1.82) is 0 Å². The molecular formula is C35H44F2N4O7S. The molecule has 0 aliphatic carbocycles. The van der Waals surface area contributed by atoms with Crippen molar-refractivity contribution < 1.29 is 41.4 Å². The van der Waals surface area contributed by atoms with Crippen molar-refractivity contribution in [2.24, 2.45) is 5.92 Å². The molecule has 0 saturated carbocycles. The lowest BCUT2D eigenvalue weighted by Gasteiger charge is -2.35. The summed E-state index contributed by atoms with van der Waals surface area (Å²) in [5, 5.41) is 15.5. The first kappa shape index (κ1) is 37.7. The maximum absolute atomic E-state index is 14.3. The Balaban J connectivity index is 1.62. The SMILES string of the molecule is C[C@@H]1CN([C@@H](C)CO)C(=O)c2cc(NC(=O)Nc3ccc(F)cc3)ccc2O[C@@H](C)CCCCO[C@@H]1CN(C)S(=O)(=O)c1ccc(F)cc1. The van der Waals surface area contributed by atoms with Gasteiger partial charge in [0.25, 0.3) is 5.91 Å². The summed E-state index contributed by atoms with van der Waals surface area (Å²) in [5.41, 5.74) is 0.822. The van der Waals surface area contributed by atoms with Gasteiger partial charge >= 0.3 is 6.03 Å². The molecule has 0 spiro atoms. The summed E-state index contributed by atoms with van der Waals surface area (Å²) in [6, 6.07) is 13.3. The Morgan fingerprint density at radius 2 is 1.61 bits per heavy atom. The van der Waals surface area contributed by atoms with Gasteiger partial charge in [-0.1, -0.05) is 6.92 Å². The zero-order valence-corrected chi connectivity index (χ0v) is 28.9. The number of nitrogens with zero attached hydrogens (tertiary/aromatic N) is 2. The van der Waals surface area contributed by atoms with Gasteiger partial charge in [0, 0.05) is 44.0 Å². The van der Waals surface area contributed by atoms with Gasteiger partial charge in [0.1, 0.15) is 17.4 Å². The molecule has 0 bridgehead atoms. The number of benzene rings is 3. The van der Waals surface area contributed by atoms with Crippen molar-refractivity contribution in [2.45, 2.75) is 63.2 Å². The number of likely N-dealkylation sites (N-methyl/N-ethyl adjacent to an activating group) is 1. The second-order valence-corrected chi connectivity index (χ2v) is 14.4. The van der Waals surface area contributed by atoms with Crippen molar-refractivity contribution in [3.8, 4) is 5.75 Å². The van der Waals surface area contributed by atoms with E-state index in [2.05, 4.69) is 10.6 Å². The number of urea groups is 1. The van der Waals surface area contributed by atoms with Crippen molar-refractivity contribution in [3.05, 3.63) is 83.9 Å². The molecule has 0 radical (unpaired) electrons. The van der Waals surface area contributed by atoms with E-state index in [9.17, 15) is 31.9 Å². The standard InChI is InChI=1S/C35H44F2N4O7S/c1-23-20-41(24(2)22-42)34(43)31-19-29(39-35(44)38-28-12-8-26(36)9-13-28)14-17-32(31)48-25(3)7-5-6-18-47-33(23)21-40(4)49(45,46)30-15-10-27(37)11-16-30/h8-17,19,23-25,33,42H,5-7,18,20-22H2,1-4H3,(H2,38,39,44)/t23-,24+,25+,33-/m1/s1. The molecule has 0 unspecified atom stereocenters. The molecule has 0 saturated heterocycles. The third kappa shape index (κ3) is 10.2. The summed E-state index contributed by atoms with van der Waals surface area (Å²) < 4.78 is 67.1. The first-order valence-corrected chi connectivity index (χ1v) is 17.6. The van der Waals surface area contributed by atoms with Gasteiger partial charge in [-0.05, 0) is 99.8 Å². The molecule has 266 valence electrons. The number of hydrogen-bond acceptors (Lipinski definition) is 7. The summed E-state index contributed by atoms with van der Waals surface area (Å²) >= 11 is 0. The molecule has 1 aliphatic heterocycles. The zero-order valence-electron chi connectivity index (χ0n) is 28.1. The quantitative estimate of drug-likeness (QED) is 0.273. The highest BCUT2D eigenvalue weighted by atomic mass is 32.2. The highest BCUT2D eigenvalue weighted by Crippen LogP contribution is 2.29. The van der Waals surface area contributed by atoms with E-state index in [1.165, 1.54) is 54.4 Å². The Bertz CT molecular complexity index is 1680. The van der Waals surface area contributed by atoms with Crippen molar-refractivity contribution >= 4 is 33.3 Å². The topological polar surface area (TPSA) is 138 Å². The number of carbonyl (C=O) groups is 2. The number of hydrogen-bond donors (Lipinski definition) is 3. The molecule has 3 aromatic rings. The Morgan fingerprint density at radius 3 is 2.27 bits per heavy atom. The number of nitrogens with one attached hydrogen (secondary N) is 2. The van der Waals surface area contributed by atoms with E-state index >= 15 is 0 Å². The largest absolute Gasteiger partial charge is 0.490 e. The fourth-order valence-electron chi connectivity index (χ4n) is 5.43. The normalized spacial score (nSPS) is 20.1. The summed E-state index contributed by atoms with van der Waals surface area (Å²) in [6.07, 6.45) is 1.15. The van der Waals surface area contributed by atoms with Gasteiger partial charge in [-0.15, -0.1) is 0 Å². The van der Waals surface area contributed by atoms with E-state index in [4.69, 9.17) is 9.47 Å². The molecule has 4 rings (SSSR count). The zero-order chi connectivity index (χ0) is 35.7. The molecule has 11 nitrogen and oxygen atoms in total. The van der Waals surface area contributed by atoms with Crippen LogP contribution in [0.3, 0.4) is 0 Å². The second kappa shape index (κ2) is 17.0. The van der Waals surface area contributed by atoms with Crippen LogP contribution in [0.4, 0.5) is 25.0 Å². The van der Waals surface area contributed by atoms with Gasteiger partial charge in [-0.3, -0.25) is 4.79 Å². The van der Waals surface area contributed by atoms with Crippen LogP contribution in [-0.2, 0) is 14.8 Å². The van der Waals surface area contributed by atoms with Gasteiger partial charge in [0.2, 0.25) is 10.0 Å². The number of aliphatic hydroxyl groups is 1. The molecule has 3 N–H and O–H groups in total. The Morgan fingerprint density at radius 1 is 1.00 bits per heavy atom. The number of sulfonamides is 1. The fourth-order valence-corrected chi connectivity index (χ4v) is 6.61. The van der Waals surface area contributed by atoms with Gasteiger partial charge in [-0.25, -0.2) is 22.0 Å². The summed E-state index contributed by atoms with van der Waals surface area (Å²) in [7, 11) is -2.55. The summed E-state index contributed by atoms with van der Waals surface area (Å²) in [6.45, 7) is 5.47. The van der Waals surface area contributed by atoms with Crippen LogP contribution >= 0.6 is 0 Å². The average molecular weight is 703 g/mol. The van der Waals surface area contributed by atoms with Gasteiger partial charge < -0.3 is 30.1 Å². The van der Waals surface area contributed by atoms with Crippen LogP contribution < -0.4 is 15.4 Å². The summed E-state index contributed by atoms with van der Waals surface area (Å²) in [5.74, 6) is -1.57. The van der Waals surface area contributed by atoms with E-state index in [-0.39, 0.29) is 36.3 Å². The van der Waals surface area contributed by atoms with E-state index in [1.807, 2.05) is 13.8 Å². The van der Waals surface area contributed by atoms with Crippen molar-refractivity contribution in [2.75, 3.05) is 44.0 Å². The lowest BCUT2D eigenvalue weighted by Crippen LogP contribution is -2.48. The molecule has 0 aromatic heterocycles. The molecule has 3 aromatic carbocycles. The number of aliphatic hydroxyl groups excluding tert-OH is 1. The van der Waals surface area contributed by atoms with Crippen LogP contribution in [-0.4, -0.2) is 86.3 Å². The van der Waals surface area contributed by atoms with E-state index < -0.39 is 51.7 Å². The van der Waals surface area contributed by atoms with Crippen LogP contribution in [0.1, 0.15) is 50.4 Å². The fraction of sp³-hybridized carbons (Fsp3) is 0.429. The van der Waals surface area contributed by atoms with Gasteiger partial charge in [0.05, 0.1) is 35.3 Å². The highest BCUT2D eigenvalue weighted by molar-refractivity contribution is 7.89. The molecule has 1 heterocycles. The highest BCUT2D eigenvalue weighted by Gasteiger charge is 2.32. The monoisotopic (exact) mass is 702 g/mol. The molecule has 14 heteroatoms. The number of carbonyl (C=O) groups excluding carboxylic acids is 2. The minimum absolute atomic E-state index is 0.0379. The van der Waals surface area contributed by atoms with Crippen LogP contribution in [0, 0.1) is 17.6 Å². The van der Waals surface area contributed by atoms with E-state index in [0.717, 1.165) is 22.9 Å². The Hall–Kier alpha value is -4.11. The van der Waals surface area contributed by atoms with Gasteiger partial charge in [0.15, 0.2) is 0 Å². The van der Waals surface area contributed by atoms with Crippen LogP contribution in [0.2, 0.25) is 0 Å². The van der Waals surface area contributed by atoms with E-state index in [0.29, 0.717) is 36.6 Å².